The maximum atomic E-state index is 12.5. The summed E-state index contributed by atoms with van der Waals surface area (Å²) in [5.74, 6) is -0.459. The van der Waals surface area contributed by atoms with Crippen molar-refractivity contribution >= 4 is 33.9 Å². The van der Waals surface area contributed by atoms with Crippen LogP contribution in [0.5, 0.6) is 0 Å². The van der Waals surface area contributed by atoms with Gasteiger partial charge >= 0.3 is 12.1 Å². The van der Waals surface area contributed by atoms with E-state index in [2.05, 4.69) is 10.5 Å². The lowest BCUT2D eigenvalue weighted by Crippen LogP contribution is -2.16. The van der Waals surface area contributed by atoms with Crippen molar-refractivity contribution in [1.82, 2.24) is 5.43 Å². The molecule has 0 saturated heterocycles. The number of carbonyl (C=O) groups is 1. The van der Waals surface area contributed by atoms with Gasteiger partial charge in [0.25, 0.3) is 0 Å². The second-order valence-corrected chi connectivity index (χ2v) is 6.13. The lowest BCUT2D eigenvalue weighted by molar-refractivity contribution is -0.137. The largest absolute Gasteiger partial charge is 0.451 e. The van der Waals surface area contributed by atoms with Gasteiger partial charge in [-0.3, -0.25) is 4.79 Å². The van der Waals surface area contributed by atoms with Gasteiger partial charge in [0.05, 0.1) is 11.8 Å². The molecule has 28 heavy (non-hydrogen) atoms. The fourth-order valence-corrected chi connectivity index (χ4v) is 2.88. The highest BCUT2D eigenvalue weighted by Crippen LogP contribution is 2.29. The van der Waals surface area contributed by atoms with Gasteiger partial charge in [-0.1, -0.05) is 42.5 Å². The normalized spacial score (nSPS) is 12.1. The number of amides is 1. The summed E-state index contributed by atoms with van der Waals surface area (Å²) >= 11 is 0. The van der Waals surface area contributed by atoms with Crippen LogP contribution < -0.4 is 5.43 Å². The fourth-order valence-electron chi connectivity index (χ4n) is 2.88. The molecular weight excluding hydrogens is 369 g/mol. The average Bonchev–Trinajstić information content (AvgIpc) is 3.13. The van der Waals surface area contributed by atoms with E-state index in [1.807, 2.05) is 30.3 Å². The summed E-state index contributed by atoms with van der Waals surface area (Å²) in [6.45, 7) is 0. The number of furan rings is 1. The molecule has 4 nitrogen and oxygen atoms in total. The number of nitrogens with zero attached hydrogens (tertiary/aromatic N) is 1. The fraction of sp³-hybridized carbons (Fsp3) is 0.0476. The van der Waals surface area contributed by atoms with Gasteiger partial charge in [0.15, 0.2) is 5.76 Å². The molecule has 0 unspecified atom stereocenters. The SMILES string of the molecule is O=C(N/N=C\c1ccc(C(F)(F)F)cc1)c1cc2c(ccc3ccccc32)o1. The van der Waals surface area contributed by atoms with E-state index in [1.165, 1.54) is 18.3 Å². The summed E-state index contributed by atoms with van der Waals surface area (Å²) in [6.07, 6.45) is -3.13. The summed E-state index contributed by atoms with van der Waals surface area (Å²) < 4.78 is 43.2. The Balaban J connectivity index is 1.51. The Hall–Kier alpha value is -3.61. The topological polar surface area (TPSA) is 54.6 Å². The van der Waals surface area contributed by atoms with E-state index in [4.69, 9.17) is 4.42 Å². The minimum absolute atomic E-state index is 0.0934. The van der Waals surface area contributed by atoms with Crippen LogP contribution in [-0.2, 0) is 6.18 Å². The summed E-state index contributed by atoms with van der Waals surface area (Å²) in [5.41, 5.74) is 2.57. The highest BCUT2D eigenvalue weighted by atomic mass is 19.4. The molecular formula is C21H13F3N2O2. The Kier molecular flexibility index (Phi) is 4.35. The van der Waals surface area contributed by atoms with Gasteiger partial charge in [-0.15, -0.1) is 0 Å². The number of carbonyl (C=O) groups excluding carboxylic acids is 1. The van der Waals surface area contributed by atoms with Crippen LogP contribution in [0.25, 0.3) is 21.7 Å². The third kappa shape index (κ3) is 3.46. The molecule has 0 saturated carbocycles. The lowest BCUT2D eigenvalue weighted by atomic mass is 10.1. The molecule has 4 rings (SSSR count). The number of fused-ring (bicyclic) bond motifs is 3. The third-order valence-corrected chi connectivity index (χ3v) is 4.27. The molecule has 4 aromatic rings. The minimum atomic E-state index is -4.39. The molecule has 7 heteroatoms. The van der Waals surface area contributed by atoms with Crippen molar-refractivity contribution in [1.29, 1.82) is 0 Å². The molecule has 0 aliphatic carbocycles. The first-order valence-electron chi connectivity index (χ1n) is 8.34. The van der Waals surface area contributed by atoms with Crippen LogP contribution in [0.3, 0.4) is 0 Å². The average molecular weight is 382 g/mol. The molecule has 1 aromatic heterocycles. The van der Waals surface area contributed by atoms with Crippen LogP contribution in [-0.4, -0.2) is 12.1 Å². The van der Waals surface area contributed by atoms with Crippen LogP contribution in [0.15, 0.2) is 76.2 Å². The third-order valence-electron chi connectivity index (χ3n) is 4.27. The van der Waals surface area contributed by atoms with E-state index in [9.17, 15) is 18.0 Å². The van der Waals surface area contributed by atoms with E-state index in [-0.39, 0.29) is 5.76 Å². The van der Waals surface area contributed by atoms with E-state index < -0.39 is 17.6 Å². The molecule has 0 fully saturated rings. The Labute approximate surface area is 157 Å². The molecule has 140 valence electrons. The van der Waals surface area contributed by atoms with Crippen molar-refractivity contribution in [3.63, 3.8) is 0 Å². The molecule has 0 aliphatic rings. The number of alkyl halides is 3. The summed E-state index contributed by atoms with van der Waals surface area (Å²) in [7, 11) is 0. The van der Waals surface area contributed by atoms with Crippen molar-refractivity contribution < 1.29 is 22.4 Å². The molecule has 0 radical (unpaired) electrons. The second kappa shape index (κ2) is 6.84. The first-order chi connectivity index (χ1) is 13.4. The Morgan fingerprint density at radius 2 is 1.71 bits per heavy atom. The van der Waals surface area contributed by atoms with E-state index in [1.54, 1.807) is 12.1 Å². The number of benzene rings is 3. The van der Waals surface area contributed by atoms with Crippen molar-refractivity contribution in [3.8, 4) is 0 Å². The Morgan fingerprint density at radius 1 is 0.964 bits per heavy atom. The number of hydrogen-bond donors (Lipinski definition) is 1. The van der Waals surface area contributed by atoms with Crippen LogP contribution in [0.1, 0.15) is 21.7 Å². The smallest absolute Gasteiger partial charge is 0.416 e. The molecule has 1 N–H and O–H groups in total. The van der Waals surface area contributed by atoms with Gasteiger partial charge in [-0.25, -0.2) is 5.43 Å². The number of rotatable bonds is 3. The van der Waals surface area contributed by atoms with Crippen LogP contribution in [0.4, 0.5) is 13.2 Å². The van der Waals surface area contributed by atoms with Gasteiger partial charge in [0.2, 0.25) is 0 Å². The first kappa shape index (κ1) is 17.8. The standard InChI is InChI=1S/C21H13F3N2O2/c22-21(23,24)15-8-5-13(6-9-15)12-25-26-20(27)19-11-17-16-4-2-1-3-14(16)7-10-18(17)28-19/h1-12H,(H,26,27)/b25-12-. The summed E-state index contributed by atoms with van der Waals surface area (Å²) in [5, 5.41) is 6.59. The van der Waals surface area contributed by atoms with Crippen molar-refractivity contribution in [2.45, 2.75) is 6.18 Å². The molecule has 1 heterocycles. The first-order valence-corrected chi connectivity index (χ1v) is 8.34. The van der Waals surface area contributed by atoms with Crippen molar-refractivity contribution in [2.24, 2.45) is 5.10 Å². The van der Waals surface area contributed by atoms with Gasteiger partial charge in [0.1, 0.15) is 5.58 Å². The number of hydrogen-bond acceptors (Lipinski definition) is 3. The molecule has 0 atom stereocenters. The summed E-state index contributed by atoms with van der Waals surface area (Å²) in [6, 6.07) is 17.5. The zero-order valence-electron chi connectivity index (χ0n) is 14.3. The maximum Gasteiger partial charge on any atom is 0.416 e. The lowest BCUT2D eigenvalue weighted by Gasteiger charge is -2.05. The Bertz CT molecular complexity index is 1190. The minimum Gasteiger partial charge on any atom is -0.451 e. The van der Waals surface area contributed by atoms with Crippen LogP contribution in [0.2, 0.25) is 0 Å². The molecule has 0 bridgehead atoms. The number of halogens is 3. The van der Waals surface area contributed by atoms with E-state index >= 15 is 0 Å². The van der Waals surface area contributed by atoms with Crippen LogP contribution in [0, 0.1) is 0 Å². The van der Waals surface area contributed by atoms with Gasteiger partial charge in [0, 0.05) is 5.39 Å². The zero-order valence-corrected chi connectivity index (χ0v) is 14.3. The monoisotopic (exact) mass is 382 g/mol. The van der Waals surface area contributed by atoms with Crippen molar-refractivity contribution in [2.75, 3.05) is 0 Å². The Morgan fingerprint density at radius 3 is 2.46 bits per heavy atom. The number of nitrogens with one attached hydrogen (secondary N) is 1. The molecule has 0 aliphatic heterocycles. The number of hydrazone groups is 1. The van der Waals surface area contributed by atoms with Gasteiger partial charge in [-0.2, -0.15) is 18.3 Å². The van der Waals surface area contributed by atoms with Crippen molar-refractivity contribution in [3.05, 3.63) is 83.6 Å². The maximum absolute atomic E-state index is 12.5. The summed E-state index contributed by atoms with van der Waals surface area (Å²) in [4.78, 5) is 12.3. The second-order valence-electron chi connectivity index (χ2n) is 6.13. The predicted octanol–water partition coefficient (Wildman–Crippen LogP) is 5.37. The highest BCUT2D eigenvalue weighted by Gasteiger charge is 2.29. The molecule has 1 amide bonds. The zero-order chi connectivity index (χ0) is 19.7. The quantitative estimate of drug-likeness (QED) is 0.383. The molecule has 0 spiro atoms. The van der Waals surface area contributed by atoms with E-state index in [0.717, 1.165) is 28.3 Å². The molecule has 3 aromatic carbocycles. The van der Waals surface area contributed by atoms with Gasteiger partial charge in [-0.05, 0) is 40.6 Å². The predicted molar refractivity (Wildman–Crippen MR) is 100 cm³/mol. The van der Waals surface area contributed by atoms with Gasteiger partial charge < -0.3 is 4.42 Å². The van der Waals surface area contributed by atoms with E-state index in [0.29, 0.717) is 11.1 Å². The van der Waals surface area contributed by atoms with Crippen LogP contribution >= 0.6 is 0 Å². The highest BCUT2D eigenvalue weighted by molar-refractivity contribution is 6.08.